The van der Waals surface area contributed by atoms with Crippen LogP contribution in [0.3, 0.4) is 0 Å². The van der Waals surface area contributed by atoms with Crippen LogP contribution in [-0.2, 0) is 28.0 Å². The molecule has 5 rings (SSSR count). The SMILES string of the molecule is Cc1ccc(C)c(CN2C(=O)C(=O)/C(=C(\O)c3ccc4c(c3)CCO4)C2c2ccc(C(C)(C)C)cc2)c1. The normalized spacial score (nSPS) is 18.7. The predicted octanol–water partition coefficient (Wildman–Crippen LogP) is 6.16. The number of hydrogen-bond donors (Lipinski definition) is 1. The van der Waals surface area contributed by atoms with Crippen molar-refractivity contribution < 1.29 is 19.4 Å². The van der Waals surface area contributed by atoms with E-state index in [1.165, 1.54) is 0 Å². The van der Waals surface area contributed by atoms with Crippen LogP contribution < -0.4 is 4.74 Å². The summed E-state index contributed by atoms with van der Waals surface area (Å²) in [6.45, 7) is 11.3. The van der Waals surface area contributed by atoms with Crippen LogP contribution in [0.25, 0.3) is 5.76 Å². The number of aryl methyl sites for hydroxylation is 2. The summed E-state index contributed by atoms with van der Waals surface area (Å²) in [6.07, 6.45) is 0.745. The summed E-state index contributed by atoms with van der Waals surface area (Å²) in [5.41, 5.74) is 6.66. The fourth-order valence-electron chi connectivity index (χ4n) is 5.20. The van der Waals surface area contributed by atoms with E-state index in [9.17, 15) is 14.7 Å². The Hall–Kier alpha value is -3.86. The molecule has 5 heteroatoms. The lowest BCUT2D eigenvalue weighted by Crippen LogP contribution is -2.29. The Morgan fingerprint density at radius 3 is 2.43 bits per heavy atom. The highest BCUT2D eigenvalue weighted by molar-refractivity contribution is 6.46. The van der Waals surface area contributed by atoms with Gasteiger partial charge in [0.15, 0.2) is 0 Å². The third kappa shape index (κ3) is 4.55. The minimum Gasteiger partial charge on any atom is -0.507 e. The van der Waals surface area contributed by atoms with Crippen LogP contribution in [0.15, 0.2) is 66.2 Å². The van der Waals surface area contributed by atoms with E-state index in [4.69, 9.17) is 4.74 Å². The molecule has 2 aliphatic rings. The molecule has 0 aromatic heterocycles. The molecule has 0 bridgehead atoms. The van der Waals surface area contributed by atoms with E-state index < -0.39 is 17.7 Å². The van der Waals surface area contributed by atoms with Crippen LogP contribution in [0, 0.1) is 13.8 Å². The number of rotatable bonds is 4. The third-order valence-corrected chi connectivity index (χ3v) is 7.44. The van der Waals surface area contributed by atoms with Crippen molar-refractivity contribution in [2.45, 2.75) is 59.0 Å². The van der Waals surface area contributed by atoms with Gasteiger partial charge in [0.1, 0.15) is 11.5 Å². The summed E-state index contributed by atoms with van der Waals surface area (Å²) < 4.78 is 5.60. The molecule has 5 nitrogen and oxygen atoms in total. The molecule has 190 valence electrons. The van der Waals surface area contributed by atoms with Crippen molar-refractivity contribution in [2.75, 3.05) is 6.61 Å². The van der Waals surface area contributed by atoms with E-state index in [0.717, 1.165) is 45.6 Å². The van der Waals surface area contributed by atoms with Gasteiger partial charge in [0.05, 0.1) is 18.2 Å². The Balaban J connectivity index is 1.65. The summed E-state index contributed by atoms with van der Waals surface area (Å²) in [5.74, 6) is -0.621. The first kappa shape index (κ1) is 24.8. The first-order chi connectivity index (χ1) is 17.5. The molecule has 1 amide bonds. The molecule has 1 atom stereocenters. The van der Waals surface area contributed by atoms with E-state index in [1.807, 2.05) is 62.4 Å². The van der Waals surface area contributed by atoms with Crippen molar-refractivity contribution in [1.29, 1.82) is 0 Å². The molecular weight excluding hydrogens is 462 g/mol. The first-order valence-corrected chi connectivity index (χ1v) is 12.8. The molecule has 1 saturated heterocycles. The van der Waals surface area contributed by atoms with Crippen molar-refractivity contribution in [3.8, 4) is 5.75 Å². The lowest BCUT2D eigenvalue weighted by atomic mass is 9.85. The molecule has 1 fully saturated rings. The number of nitrogens with zero attached hydrogens (tertiary/aromatic N) is 1. The second kappa shape index (κ2) is 9.22. The summed E-state index contributed by atoms with van der Waals surface area (Å²) in [5, 5.41) is 11.5. The summed E-state index contributed by atoms with van der Waals surface area (Å²) >= 11 is 0. The Morgan fingerprint density at radius 2 is 1.73 bits per heavy atom. The number of hydrogen-bond acceptors (Lipinski definition) is 4. The maximum absolute atomic E-state index is 13.5. The van der Waals surface area contributed by atoms with Gasteiger partial charge in [-0.2, -0.15) is 0 Å². The molecule has 3 aromatic rings. The number of fused-ring (bicyclic) bond motifs is 1. The second-order valence-corrected chi connectivity index (χ2v) is 11.1. The quantitative estimate of drug-likeness (QED) is 0.268. The minimum absolute atomic E-state index is 0.0362. The fourth-order valence-corrected chi connectivity index (χ4v) is 5.20. The van der Waals surface area contributed by atoms with E-state index in [0.29, 0.717) is 12.2 Å². The maximum atomic E-state index is 13.5. The smallest absolute Gasteiger partial charge is 0.295 e. The Labute approximate surface area is 218 Å². The lowest BCUT2D eigenvalue weighted by molar-refractivity contribution is -0.140. The average molecular weight is 496 g/mol. The Kier molecular flexibility index (Phi) is 6.18. The topological polar surface area (TPSA) is 66.8 Å². The number of likely N-dealkylation sites (tertiary alicyclic amines) is 1. The number of carbonyl (C=O) groups is 2. The number of benzene rings is 3. The molecule has 0 radical (unpaired) electrons. The van der Waals surface area contributed by atoms with Gasteiger partial charge in [-0.05, 0) is 65.3 Å². The zero-order valence-corrected chi connectivity index (χ0v) is 22.1. The standard InChI is InChI=1S/C32H33NO4/c1-19-6-7-20(2)24(16-19)18-33-28(21-8-11-25(12-9-21)32(3,4)5)27(30(35)31(33)36)29(34)23-10-13-26-22(17-23)14-15-37-26/h6-13,16-17,28,34H,14-15,18H2,1-5H3/b29-27-. The van der Waals surface area contributed by atoms with E-state index >= 15 is 0 Å². The molecule has 0 aliphatic carbocycles. The molecule has 37 heavy (non-hydrogen) atoms. The number of ketones is 1. The van der Waals surface area contributed by atoms with Crippen LogP contribution in [-0.4, -0.2) is 28.3 Å². The van der Waals surface area contributed by atoms with Gasteiger partial charge in [-0.1, -0.05) is 68.8 Å². The predicted molar refractivity (Wildman–Crippen MR) is 145 cm³/mol. The van der Waals surface area contributed by atoms with Gasteiger partial charge in [-0.15, -0.1) is 0 Å². The highest BCUT2D eigenvalue weighted by atomic mass is 16.5. The number of aliphatic hydroxyl groups excluding tert-OH is 1. The Bertz CT molecular complexity index is 1430. The highest BCUT2D eigenvalue weighted by Crippen LogP contribution is 2.42. The van der Waals surface area contributed by atoms with Gasteiger partial charge in [0.2, 0.25) is 0 Å². The highest BCUT2D eigenvalue weighted by Gasteiger charge is 2.46. The molecule has 0 saturated carbocycles. The molecule has 2 heterocycles. The average Bonchev–Trinajstić information content (AvgIpc) is 3.43. The van der Waals surface area contributed by atoms with Crippen molar-refractivity contribution in [3.63, 3.8) is 0 Å². The molecule has 3 aromatic carbocycles. The van der Waals surface area contributed by atoms with Gasteiger partial charge < -0.3 is 14.7 Å². The first-order valence-electron chi connectivity index (χ1n) is 12.8. The van der Waals surface area contributed by atoms with Crippen LogP contribution >= 0.6 is 0 Å². The number of ether oxygens (including phenoxy) is 1. The van der Waals surface area contributed by atoms with Gasteiger partial charge in [0.25, 0.3) is 11.7 Å². The monoisotopic (exact) mass is 495 g/mol. The maximum Gasteiger partial charge on any atom is 0.295 e. The molecule has 2 aliphatic heterocycles. The van der Waals surface area contributed by atoms with Gasteiger partial charge in [-0.3, -0.25) is 9.59 Å². The summed E-state index contributed by atoms with van der Waals surface area (Å²) in [7, 11) is 0. The van der Waals surface area contributed by atoms with Crippen molar-refractivity contribution >= 4 is 17.4 Å². The summed E-state index contributed by atoms with van der Waals surface area (Å²) in [4.78, 5) is 28.5. The Morgan fingerprint density at radius 1 is 1.00 bits per heavy atom. The van der Waals surface area contributed by atoms with Crippen LogP contribution in [0.4, 0.5) is 0 Å². The summed E-state index contributed by atoms with van der Waals surface area (Å²) in [6, 6.07) is 18.9. The van der Waals surface area contributed by atoms with E-state index in [2.05, 4.69) is 26.8 Å². The fraction of sp³-hybridized carbons (Fsp3) is 0.312. The zero-order chi connectivity index (χ0) is 26.5. The number of Topliss-reactive ketones (excluding diaryl/α,β-unsaturated/α-hetero) is 1. The van der Waals surface area contributed by atoms with Gasteiger partial charge >= 0.3 is 0 Å². The zero-order valence-electron chi connectivity index (χ0n) is 22.1. The molecule has 1 unspecified atom stereocenters. The van der Waals surface area contributed by atoms with Crippen LogP contribution in [0.1, 0.15) is 65.8 Å². The van der Waals surface area contributed by atoms with E-state index in [-0.39, 0.29) is 23.3 Å². The number of amides is 1. The number of aliphatic hydroxyl groups is 1. The molecular formula is C32H33NO4. The minimum atomic E-state index is -0.696. The van der Waals surface area contributed by atoms with Crippen molar-refractivity contribution in [2.24, 2.45) is 0 Å². The molecule has 1 N–H and O–H groups in total. The lowest BCUT2D eigenvalue weighted by Gasteiger charge is -2.27. The third-order valence-electron chi connectivity index (χ3n) is 7.44. The van der Waals surface area contributed by atoms with Crippen molar-refractivity contribution in [1.82, 2.24) is 4.90 Å². The largest absolute Gasteiger partial charge is 0.507 e. The second-order valence-electron chi connectivity index (χ2n) is 11.1. The van der Waals surface area contributed by atoms with Crippen LogP contribution in [0.2, 0.25) is 0 Å². The van der Waals surface area contributed by atoms with E-state index in [1.54, 1.807) is 11.0 Å². The van der Waals surface area contributed by atoms with Crippen LogP contribution in [0.5, 0.6) is 5.75 Å². The van der Waals surface area contributed by atoms with Crippen molar-refractivity contribution in [3.05, 3.63) is 105 Å². The van der Waals surface area contributed by atoms with Gasteiger partial charge in [-0.25, -0.2) is 0 Å². The molecule has 0 spiro atoms. The number of carbonyl (C=O) groups excluding carboxylic acids is 2. The van der Waals surface area contributed by atoms with Gasteiger partial charge in [0, 0.05) is 18.5 Å².